The highest BCUT2D eigenvalue weighted by molar-refractivity contribution is 5.69. The number of rotatable bonds is 0. The average Bonchev–Trinajstić information content (AvgIpc) is 2.58. The predicted molar refractivity (Wildman–Crippen MR) is 63.7 cm³/mol. The smallest absolute Gasteiger partial charge is 0.410 e. The van der Waals surface area contributed by atoms with Crippen LogP contribution in [0.3, 0.4) is 0 Å². The minimum absolute atomic E-state index is 0.0173. The molecule has 0 aromatic carbocycles. The molecule has 2 rings (SSSR count). The zero-order valence-corrected chi connectivity index (χ0v) is 10.8. The average molecular weight is 242 g/mol. The number of amides is 1. The van der Waals surface area contributed by atoms with E-state index in [4.69, 9.17) is 15.2 Å². The van der Waals surface area contributed by atoms with Gasteiger partial charge < -0.3 is 20.1 Å². The lowest BCUT2D eigenvalue weighted by atomic mass is 10.1. The molecule has 2 aliphatic rings. The van der Waals surface area contributed by atoms with Gasteiger partial charge in [0.1, 0.15) is 5.60 Å². The van der Waals surface area contributed by atoms with Crippen molar-refractivity contribution in [2.24, 2.45) is 5.73 Å². The first kappa shape index (κ1) is 12.6. The molecule has 5 heteroatoms. The highest BCUT2D eigenvalue weighted by Gasteiger charge is 2.44. The number of carbonyl (C=O) groups is 1. The molecule has 5 nitrogen and oxygen atoms in total. The summed E-state index contributed by atoms with van der Waals surface area (Å²) in [7, 11) is 0. The maximum atomic E-state index is 12.1. The van der Waals surface area contributed by atoms with Gasteiger partial charge in [0.15, 0.2) is 0 Å². The lowest BCUT2D eigenvalue weighted by Crippen LogP contribution is -2.55. The molecule has 3 atom stereocenters. The molecule has 0 aromatic heterocycles. The number of hydrogen-bond donors (Lipinski definition) is 1. The number of carbonyl (C=O) groups excluding carboxylic acids is 1. The second kappa shape index (κ2) is 4.46. The molecule has 0 radical (unpaired) electrons. The second-order valence-corrected chi connectivity index (χ2v) is 5.82. The monoisotopic (exact) mass is 242 g/mol. The van der Waals surface area contributed by atoms with Gasteiger partial charge in [-0.15, -0.1) is 0 Å². The number of nitrogens with zero attached hydrogens (tertiary/aromatic N) is 1. The summed E-state index contributed by atoms with van der Waals surface area (Å²) in [6, 6.07) is 0.138. The first-order valence-corrected chi connectivity index (χ1v) is 6.25. The lowest BCUT2D eigenvalue weighted by Gasteiger charge is -2.39. The highest BCUT2D eigenvalue weighted by atomic mass is 16.6. The van der Waals surface area contributed by atoms with Crippen molar-refractivity contribution in [3.8, 4) is 0 Å². The SMILES string of the molecule is CC(C)(C)OC(=O)N1CCOC2C(N)CCC21. The van der Waals surface area contributed by atoms with Gasteiger partial charge in [0, 0.05) is 12.6 Å². The normalized spacial score (nSPS) is 33.4. The molecule has 1 heterocycles. The van der Waals surface area contributed by atoms with Crippen LogP contribution >= 0.6 is 0 Å². The van der Waals surface area contributed by atoms with Crippen LogP contribution in [-0.4, -0.2) is 47.9 Å². The van der Waals surface area contributed by atoms with Crippen molar-refractivity contribution in [2.45, 2.75) is 57.4 Å². The van der Waals surface area contributed by atoms with Gasteiger partial charge in [-0.3, -0.25) is 0 Å². The number of nitrogens with two attached hydrogens (primary N) is 1. The van der Waals surface area contributed by atoms with E-state index in [9.17, 15) is 4.79 Å². The first-order valence-electron chi connectivity index (χ1n) is 6.25. The summed E-state index contributed by atoms with van der Waals surface area (Å²) in [5.41, 5.74) is 5.52. The quantitative estimate of drug-likeness (QED) is 0.691. The molecule has 3 unspecified atom stereocenters. The molecule has 1 amide bonds. The summed E-state index contributed by atoms with van der Waals surface area (Å²) in [5, 5.41) is 0. The van der Waals surface area contributed by atoms with Gasteiger partial charge >= 0.3 is 6.09 Å². The van der Waals surface area contributed by atoms with E-state index >= 15 is 0 Å². The fraction of sp³-hybridized carbons (Fsp3) is 0.917. The molecule has 0 bridgehead atoms. The van der Waals surface area contributed by atoms with Crippen molar-refractivity contribution >= 4 is 6.09 Å². The third kappa shape index (κ3) is 2.72. The molecule has 1 saturated carbocycles. The molecular weight excluding hydrogens is 220 g/mol. The Hall–Kier alpha value is -0.810. The van der Waals surface area contributed by atoms with Gasteiger partial charge in [-0.2, -0.15) is 0 Å². The Balaban J connectivity index is 2.03. The fourth-order valence-electron chi connectivity index (χ4n) is 2.55. The van der Waals surface area contributed by atoms with Crippen LogP contribution in [0.4, 0.5) is 4.79 Å². The number of morpholine rings is 1. The Morgan fingerprint density at radius 2 is 2.12 bits per heavy atom. The van der Waals surface area contributed by atoms with Gasteiger partial charge in [0.25, 0.3) is 0 Å². The van der Waals surface area contributed by atoms with Crippen LogP contribution in [0.5, 0.6) is 0 Å². The lowest BCUT2D eigenvalue weighted by molar-refractivity contribution is -0.0676. The third-order valence-electron chi connectivity index (χ3n) is 3.27. The van der Waals surface area contributed by atoms with Crippen molar-refractivity contribution in [1.82, 2.24) is 4.90 Å². The predicted octanol–water partition coefficient (Wildman–Crippen LogP) is 1.11. The van der Waals surface area contributed by atoms with Gasteiger partial charge in [-0.05, 0) is 33.6 Å². The minimum atomic E-state index is -0.453. The molecule has 0 spiro atoms. The van der Waals surface area contributed by atoms with Crippen molar-refractivity contribution < 1.29 is 14.3 Å². The Kier molecular flexibility index (Phi) is 3.32. The second-order valence-electron chi connectivity index (χ2n) is 5.82. The Morgan fingerprint density at radius 1 is 1.41 bits per heavy atom. The van der Waals surface area contributed by atoms with Gasteiger partial charge in [-0.1, -0.05) is 0 Å². The molecule has 0 aromatic rings. The molecule has 1 saturated heterocycles. The van der Waals surface area contributed by atoms with E-state index in [0.717, 1.165) is 12.8 Å². The van der Waals surface area contributed by atoms with Crippen LogP contribution in [0.1, 0.15) is 33.6 Å². The summed E-state index contributed by atoms with van der Waals surface area (Å²) in [4.78, 5) is 13.9. The zero-order chi connectivity index (χ0) is 12.6. The molecule has 17 heavy (non-hydrogen) atoms. The van der Waals surface area contributed by atoms with Crippen molar-refractivity contribution in [3.05, 3.63) is 0 Å². The summed E-state index contributed by atoms with van der Waals surface area (Å²) in [6.07, 6.45) is 1.56. The van der Waals surface area contributed by atoms with E-state index in [2.05, 4.69) is 0 Å². The van der Waals surface area contributed by atoms with E-state index < -0.39 is 5.60 Å². The topological polar surface area (TPSA) is 64.8 Å². The van der Waals surface area contributed by atoms with E-state index in [1.54, 1.807) is 4.90 Å². The van der Waals surface area contributed by atoms with E-state index in [1.807, 2.05) is 20.8 Å². The molecule has 1 aliphatic carbocycles. The van der Waals surface area contributed by atoms with Crippen LogP contribution in [0.25, 0.3) is 0 Å². The standard InChI is InChI=1S/C12H22N2O3/c1-12(2,3)17-11(15)14-6-7-16-10-8(13)4-5-9(10)14/h8-10H,4-7,13H2,1-3H3. The Bertz CT molecular complexity index is 301. The maximum Gasteiger partial charge on any atom is 0.410 e. The molecule has 2 N–H and O–H groups in total. The molecule has 1 aliphatic heterocycles. The van der Waals surface area contributed by atoms with Gasteiger partial charge in [0.2, 0.25) is 0 Å². The third-order valence-corrected chi connectivity index (χ3v) is 3.27. The van der Waals surface area contributed by atoms with Crippen molar-refractivity contribution in [1.29, 1.82) is 0 Å². The van der Waals surface area contributed by atoms with Crippen molar-refractivity contribution in [2.75, 3.05) is 13.2 Å². The fourth-order valence-corrected chi connectivity index (χ4v) is 2.55. The number of hydrogen-bond acceptors (Lipinski definition) is 4. The largest absolute Gasteiger partial charge is 0.444 e. The highest BCUT2D eigenvalue weighted by Crippen LogP contribution is 2.30. The Labute approximate surface area is 102 Å². The van der Waals surface area contributed by atoms with Crippen LogP contribution in [0.15, 0.2) is 0 Å². The van der Waals surface area contributed by atoms with Crippen molar-refractivity contribution in [3.63, 3.8) is 0 Å². The molecule has 98 valence electrons. The number of fused-ring (bicyclic) bond motifs is 1. The van der Waals surface area contributed by atoms with Crippen LogP contribution in [0, 0.1) is 0 Å². The number of ether oxygens (including phenoxy) is 2. The first-order chi connectivity index (χ1) is 7.88. The van der Waals surface area contributed by atoms with Crippen LogP contribution in [0.2, 0.25) is 0 Å². The zero-order valence-electron chi connectivity index (χ0n) is 10.8. The summed E-state index contributed by atoms with van der Waals surface area (Å²) in [6.45, 7) is 6.78. The minimum Gasteiger partial charge on any atom is -0.444 e. The summed E-state index contributed by atoms with van der Waals surface area (Å²) in [5.74, 6) is 0. The Morgan fingerprint density at radius 3 is 2.76 bits per heavy atom. The van der Waals surface area contributed by atoms with E-state index in [1.165, 1.54) is 0 Å². The van der Waals surface area contributed by atoms with Crippen LogP contribution < -0.4 is 5.73 Å². The maximum absolute atomic E-state index is 12.1. The summed E-state index contributed by atoms with van der Waals surface area (Å²) < 4.78 is 11.1. The summed E-state index contributed by atoms with van der Waals surface area (Å²) >= 11 is 0. The van der Waals surface area contributed by atoms with Gasteiger partial charge in [-0.25, -0.2) is 4.79 Å². The van der Waals surface area contributed by atoms with Crippen LogP contribution in [-0.2, 0) is 9.47 Å². The van der Waals surface area contributed by atoms with Gasteiger partial charge in [0.05, 0.1) is 18.8 Å². The van der Waals surface area contributed by atoms with E-state index in [-0.39, 0.29) is 24.3 Å². The molecular formula is C12H22N2O3. The van der Waals surface area contributed by atoms with E-state index in [0.29, 0.717) is 13.2 Å². The molecule has 2 fully saturated rings.